The molecule has 1 saturated heterocycles. The van der Waals surface area contributed by atoms with Crippen LogP contribution in [0.3, 0.4) is 0 Å². The van der Waals surface area contributed by atoms with Crippen molar-refractivity contribution in [2.24, 2.45) is 0 Å². The second-order valence-electron chi connectivity index (χ2n) is 9.26. The van der Waals surface area contributed by atoms with Crippen LogP contribution in [-0.4, -0.2) is 53.4 Å². The van der Waals surface area contributed by atoms with Gasteiger partial charge in [-0.05, 0) is 45.7 Å². The summed E-state index contributed by atoms with van der Waals surface area (Å²) in [6.07, 6.45) is 0.189. The van der Waals surface area contributed by atoms with E-state index in [1.54, 1.807) is 32.0 Å². The first-order valence-corrected chi connectivity index (χ1v) is 11.3. The summed E-state index contributed by atoms with van der Waals surface area (Å²) < 4.78 is 48.5. The maximum absolute atomic E-state index is 12.6. The minimum atomic E-state index is -2.65. The third-order valence-corrected chi connectivity index (χ3v) is 6.41. The summed E-state index contributed by atoms with van der Waals surface area (Å²) in [6.45, 7) is 10.8. The van der Waals surface area contributed by atoms with Gasteiger partial charge in [-0.3, -0.25) is 4.79 Å². The topological polar surface area (TPSA) is 83.1 Å². The van der Waals surface area contributed by atoms with E-state index in [4.69, 9.17) is 18.8 Å². The number of halogens is 2. The van der Waals surface area contributed by atoms with Crippen LogP contribution in [0.4, 0.5) is 8.78 Å². The van der Waals surface area contributed by atoms with Gasteiger partial charge in [0.15, 0.2) is 0 Å². The lowest BCUT2D eigenvalue weighted by Crippen LogP contribution is -2.50. The van der Waals surface area contributed by atoms with Crippen LogP contribution < -0.4 is 10.1 Å². The Hall–Kier alpha value is -1.85. The van der Waals surface area contributed by atoms with E-state index in [1.807, 2.05) is 27.7 Å². The number of para-hydroxylation sites is 1. The van der Waals surface area contributed by atoms with E-state index in [-0.39, 0.29) is 23.7 Å². The van der Waals surface area contributed by atoms with Gasteiger partial charge in [0.2, 0.25) is 11.7 Å². The van der Waals surface area contributed by atoms with E-state index in [9.17, 15) is 18.4 Å². The Balaban J connectivity index is 1.89. The number of carbonyl (C=O) groups excluding carboxylic acids is 2. The van der Waals surface area contributed by atoms with Gasteiger partial charge in [-0.2, -0.15) is 8.78 Å². The van der Waals surface area contributed by atoms with Gasteiger partial charge in [0.25, 0.3) is 5.76 Å². The minimum absolute atomic E-state index is 0.189. The molecular weight excluding hydrogens is 443 g/mol. The first-order valence-electron chi connectivity index (χ1n) is 10.3. The van der Waals surface area contributed by atoms with Crippen LogP contribution in [0.5, 0.6) is 5.75 Å². The van der Waals surface area contributed by atoms with Gasteiger partial charge in [0.1, 0.15) is 11.3 Å². The highest BCUT2D eigenvalue weighted by atomic mass is 32.2. The third kappa shape index (κ3) is 5.37. The Morgan fingerprint density at radius 3 is 2.31 bits per heavy atom. The molecule has 0 aliphatic carbocycles. The molecule has 0 radical (unpaired) electrons. The van der Waals surface area contributed by atoms with E-state index in [0.717, 1.165) is 0 Å². The predicted molar refractivity (Wildman–Crippen MR) is 117 cm³/mol. The molecule has 0 spiro atoms. The van der Waals surface area contributed by atoms with Gasteiger partial charge in [-0.15, -0.1) is 0 Å². The molecule has 1 atom stereocenters. The fourth-order valence-corrected chi connectivity index (χ4v) is 3.82. The van der Waals surface area contributed by atoms with E-state index < -0.39 is 53.4 Å². The number of thioether (sulfide) groups is 1. The van der Waals surface area contributed by atoms with E-state index in [2.05, 4.69) is 5.32 Å². The summed E-state index contributed by atoms with van der Waals surface area (Å²) in [6, 6.07) is 5.05. The van der Waals surface area contributed by atoms with Gasteiger partial charge < -0.3 is 24.1 Å². The number of carbonyl (C=O) groups is 2. The van der Waals surface area contributed by atoms with E-state index >= 15 is 0 Å². The molecular formula is C21H28BF2NO6S. The summed E-state index contributed by atoms with van der Waals surface area (Å²) >= 11 is 0.240. The molecule has 1 aromatic carbocycles. The monoisotopic (exact) mass is 471 g/mol. The van der Waals surface area contributed by atoms with Gasteiger partial charge in [0, 0.05) is 13.8 Å². The van der Waals surface area contributed by atoms with Gasteiger partial charge in [0.05, 0.1) is 22.9 Å². The predicted octanol–water partition coefficient (Wildman–Crippen LogP) is 3.59. The second kappa shape index (κ2) is 8.83. The minimum Gasteiger partial charge on any atom is -0.452 e. The number of fused-ring (bicyclic) bond motifs is 1. The largest absolute Gasteiger partial charge is 0.482 e. The maximum Gasteiger partial charge on any atom is 0.482 e. The number of amides is 1. The Labute approximate surface area is 191 Å². The quantitative estimate of drug-likeness (QED) is 0.481. The van der Waals surface area contributed by atoms with Crippen molar-refractivity contribution in [2.75, 3.05) is 5.75 Å². The summed E-state index contributed by atoms with van der Waals surface area (Å²) in [7, 11) is -0.833. The van der Waals surface area contributed by atoms with Crippen LogP contribution in [0.25, 0.3) is 0 Å². The molecule has 2 aliphatic rings. The molecule has 1 N–H and O–H groups in total. The summed E-state index contributed by atoms with van der Waals surface area (Å²) in [5.74, 6) is -5.65. The van der Waals surface area contributed by atoms with E-state index in [0.29, 0.717) is 11.3 Å². The second-order valence-corrected chi connectivity index (χ2v) is 10.2. The first kappa shape index (κ1) is 24.8. The zero-order chi connectivity index (χ0) is 23.9. The fraction of sp³-hybridized carbons (Fsp3) is 0.619. The zero-order valence-corrected chi connectivity index (χ0v) is 19.8. The number of cyclic esters (lactones) is 1. The maximum atomic E-state index is 12.6. The lowest BCUT2D eigenvalue weighted by molar-refractivity contribution is -0.128. The molecule has 2 aliphatic heterocycles. The first-order chi connectivity index (χ1) is 14.7. The lowest BCUT2D eigenvalue weighted by Gasteiger charge is -2.33. The van der Waals surface area contributed by atoms with Crippen molar-refractivity contribution in [1.82, 2.24) is 5.32 Å². The van der Waals surface area contributed by atoms with Crippen LogP contribution in [-0.2, 0) is 25.3 Å². The fourth-order valence-electron chi connectivity index (χ4n) is 3.46. The van der Waals surface area contributed by atoms with Crippen molar-refractivity contribution < 1.29 is 37.2 Å². The van der Waals surface area contributed by atoms with Crippen LogP contribution in [0.2, 0.25) is 0 Å². The average Bonchev–Trinajstić information content (AvgIpc) is 2.86. The standard InChI is InChI=1S/C21H28BF2NO6S/c1-19(2)20(3,4)31-22(30-19)14(25-15(26)11-32-18(23)24)10-12-8-7-9-13-16(12)28-21(5,6)29-17(13)27/h7-9,14,18H,10-11H2,1-6H3,(H,25,26). The molecule has 1 fully saturated rings. The molecule has 3 rings (SSSR count). The van der Waals surface area contributed by atoms with Crippen molar-refractivity contribution in [1.29, 1.82) is 0 Å². The highest BCUT2D eigenvalue weighted by molar-refractivity contribution is 8.00. The van der Waals surface area contributed by atoms with Crippen LogP contribution in [0.15, 0.2) is 18.2 Å². The number of rotatable bonds is 7. The van der Waals surface area contributed by atoms with Gasteiger partial charge in [-0.25, -0.2) is 4.79 Å². The smallest absolute Gasteiger partial charge is 0.452 e. The average molecular weight is 471 g/mol. The number of ether oxygens (including phenoxy) is 2. The van der Waals surface area contributed by atoms with Crippen molar-refractivity contribution in [3.05, 3.63) is 29.3 Å². The molecule has 0 bridgehead atoms. The number of hydrogen-bond donors (Lipinski definition) is 1. The Morgan fingerprint density at radius 2 is 1.72 bits per heavy atom. The van der Waals surface area contributed by atoms with Crippen molar-refractivity contribution in [2.45, 2.75) is 76.7 Å². The lowest BCUT2D eigenvalue weighted by atomic mass is 9.74. The summed E-state index contributed by atoms with van der Waals surface area (Å²) in [4.78, 5) is 24.8. The molecule has 1 unspecified atom stereocenters. The number of esters is 1. The van der Waals surface area contributed by atoms with Crippen LogP contribution >= 0.6 is 11.8 Å². The highest BCUT2D eigenvalue weighted by Gasteiger charge is 2.54. The van der Waals surface area contributed by atoms with Crippen LogP contribution in [0.1, 0.15) is 57.5 Å². The molecule has 176 valence electrons. The molecule has 32 heavy (non-hydrogen) atoms. The Bertz CT molecular complexity index is 879. The number of hydrogen-bond acceptors (Lipinski definition) is 7. The van der Waals surface area contributed by atoms with Crippen molar-refractivity contribution in [3.63, 3.8) is 0 Å². The number of nitrogens with one attached hydrogen (secondary N) is 1. The third-order valence-electron chi connectivity index (χ3n) is 5.73. The van der Waals surface area contributed by atoms with Crippen molar-refractivity contribution in [3.8, 4) is 5.75 Å². The van der Waals surface area contributed by atoms with Gasteiger partial charge >= 0.3 is 13.1 Å². The van der Waals surface area contributed by atoms with Gasteiger partial charge in [-0.1, -0.05) is 23.9 Å². The number of benzene rings is 1. The Kier molecular flexibility index (Phi) is 6.84. The van der Waals surface area contributed by atoms with E-state index in [1.165, 1.54) is 0 Å². The zero-order valence-electron chi connectivity index (χ0n) is 19.0. The van der Waals surface area contributed by atoms with Crippen molar-refractivity contribution >= 4 is 30.8 Å². The Morgan fingerprint density at radius 1 is 1.09 bits per heavy atom. The molecule has 7 nitrogen and oxygen atoms in total. The highest BCUT2D eigenvalue weighted by Crippen LogP contribution is 2.39. The normalized spacial score (nSPS) is 21.5. The summed E-state index contributed by atoms with van der Waals surface area (Å²) in [5, 5.41) is 2.76. The molecule has 1 aromatic rings. The molecule has 1 amide bonds. The summed E-state index contributed by atoms with van der Waals surface area (Å²) in [5.41, 5.74) is -0.407. The molecule has 2 heterocycles. The number of alkyl halides is 2. The van der Waals surface area contributed by atoms with Crippen LogP contribution in [0, 0.1) is 0 Å². The SMILES string of the molecule is CC1(C)OC(=O)c2cccc(CC(NC(=O)CSC(F)F)B3OC(C)(C)C(C)(C)O3)c2O1. The molecule has 0 aromatic heterocycles. The molecule has 0 saturated carbocycles. The molecule has 11 heteroatoms.